The topological polar surface area (TPSA) is 12.0 Å². The fourth-order valence-corrected chi connectivity index (χ4v) is 3.14. The fourth-order valence-electron chi connectivity index (χ4n) is 3.14. The Balaban J connectivity index is 1.69. The van der Waals surface area contributed by atoms with Crippen LogP contribution in [0.4, 0.5) is 0 Å². The van der Waals surface area contributed by atoms with Crippen molar-refractivity contribution in [3.8, 4) is 0 Å². The molecular formula is C18H29N. The van der Waals surface area contributed by atoms with Crippen LogP contribution < -0.4 is 5.32 Å². The lowest BCUT2D eigenvalue weighted by molar-refractivity contribution is 0.351. The first kappa shape index (κ1) is 14.6. The van der Waals surface area contributed by atoms with Gasteiger partial charge in [-0.05, 0) is 38.2 Å². The van der Waals surface area contributed by atoms with E-state index in [-0.39, 0.29) is 0 Å². The third kappa shape index (κ3) is 5.78. The van der Waals surface area contributed by atoms with Gasteiger partial charge in [0.2, 0.25) is 0 Å². The van der Waals surface area contributed by atoms with E-state index in [0.29, 0.717) is 6.04 Å². The van der Waals surface area contributed by atoms with Crippen LogP contribution in [0, 0.1) is 0 Å². The minimum atomic E-state index is 0.643. The number of aryl methyl sites for hydroxylation is 1. The van der Waals surface area contributed by atoms with Crippen LogP contribution in [0.3, 0.4) is 0 Å². The van der Waals surface area contributed by atoms with Gasteiger partial charge in [-0.2, -0.15) is 0 Å². The molecule has 0 aliphatic heterocycles. The molecule has 0 heterocycles. The molecule has 0 spiro atoms. The van der Waals surface area contributed by atoms with Crippen molar-refractivity contribution < 1.29 is 0 Å². The molecule has 1 aromatic carbocycles. The first-order valence-electron chi connectivity index (χ1n) is 8.14. The molecule has 0 aromatic heterocycles. The van der Waals surface area contributed by atoms with Gasteiger partial charge in [0.05, 0.1) is 0 Å². The molecule has 1 aliphatic carbocycles. The number of rotatable bonds is 5. The summed E-state index contributed by atoms with van der Waals surface area (Å²) in [5.74, 6) is 0. The Morgan fingerprint density at radius 2 is 1.63 bits per heavy atom. The van der Waals surface area contributed by atoms with Crippen molar-refractivity contribution in [1.82, 2.24) is 5.32 Å². The monoisotopic (exact) mass is 259 g/mol. The first-order chi connectivity index (χ1) is 9.34. The summed E-state index contributed by atoms with van der Waals surface area (Å²) in [4.78, 5) is 0. The van der Waals surface area contributed by atoms with Gasteiger partial charge >= 0.3 is 0 Å². The maximum absolute atomic E-state index is 3.86. The van der Waals surface area contributed by atoms with Gasteiger partial charge in [-0.25, -0.2) is 0 Å². The van der Waals surface area contributed by atoms with Crippen molar-refractivity contribution in [2.24, 2.45) is 0 Å². The largest absolute Gasteiger partial charge is 0.311 e. The van der Waals surface area contributed by atoms with Gasteiger partial charge in [-0.1, -0.05) is 62.4 Å². The molecule has 0 saturated heterocycles. The molecule has 0 bridgehead atoms. The zero-order chi connectivity index (χ0) is 13.3. The number of hydrogen-bond acceptors (Lipinski definition) is 1. The van der Waals surface area contributed by atoms with Gasteiger partial charge in [0, 0.05) is 12.1 Å². The van der Waals surface area contributed by atoms with E-state index in [4.69, 9.17) is 0 Å². The maximum atomic E-state index is 3.86. The van der Waals surface area contributed by atoms with Crippen LogP contribution in [0.1, 0.15) is 63.9 Å². The molecule has 1 nitrogen and oxygen atoms in total. The van der Waals surface area contributed by atoms with Gasteiger partial charge in [0.15, 0.2) is 0 Å². The molecule has 1 atom stereocenters. The summed E-state index contributed by atoms with van der Waals surface area (Å²) in [6.07, 6.45) is 12.4. The van der Waals surface area contributed by atoms with Crippen LogP contribution >= 0.6 is 0 Å². The van der Waals surface area contributed by atoms with E-state index in [1.54, 1.807) is 0 Å². The normalized spacial score (nSPS) is 19.6. The Kier molecular flexibility index (Phi) is 6.43. The van der Waals surface area contributed by atoms with Gasteiger partial charge in [0.1, 0.15) is 0 Å². The van der Waals surface area contributed by atoms with Crippen LogP contribution in [0.15, 0.2) is 30.3 Å². The Bertz CT molecular complexity index is 325. The predicted molar refractivity (Wildman–Crippen MR) is 83.5 cm³/mol. The van der Waals surface area contributed by atoms with Crippen LogP contribution in [0.5, 0.6) is 0 Å². The Morgan fingerprint density at radius 1 is 1.00 bits per heavy atom. The maximum Gasteiger partial charge on any atom is 0.00695 e. The minimum absolute atomic E-state index is 0.643. The molecule has 1 saturated carbocycles. The van der Waals surface area contributed by atoms with Crippen LogP contribution in [-0.2, 0) is 6.42 Å². The van der Waals surface area contributed by atoms with E-state index in [0.717, 1.165) is 6.04 Å². The summed E-state index contributed by atoms with van der Waals surface area (Å²) < 4.78 is 0. The van der Waals surface area contributed by atoms with E-state index in [1.165, 1.54) is 63.4 Å². The first-order valence-corrected chi connectivity index (χ1v) is 8.14. The molecule has 106 valence electrons. The number of hydrogen-bond donors (Lipinski definition) is 1. The average molecular weight is 259 g/mol. The molecule has 1 N–H and O–H groups in total. The van der Waals surface area contributed by atoms with Crippen molar-refractivity contribution in [2.45, 2.75) is 76.8 Å². The lowest BCUT2D eigenvalue weighted by Crippen LogP contribution is -2.37. The summed E-state index contributed by atoms with van der Waals surface area (Å²) in [5, 5.41) is 3.86. The molecule has 1 unspecified atom stereocenters. The molecule has 1 heteroatoms. The summed E-state index contributed by atoms with van der Waals surface area (Å²) >= 11 is 0. The molecule has 1 aromatic rings. The highest BCUT2D eigenvalue weighted by atomic mass is 14.9. The fraction of sp³-hybridized carbons (Fsp3) is 0.667. The number of nitrogens with one attached hydrogen (secondary N) is 1. The van der Waals surface area contributed by atoms with E-state index in [1.807, 2.05) is 0 Å². The summed E-state index contributed by atoms with van der Waals surface area (Å²) in [6, 6.07) is 12.3. The predicted octanol–water partition coefficient (Wildman–Crippen LogP) is 4.71. The zero-order valence-corrected chi connectivity index (χ0v) is 12.4. The van der Waals surface area contributed by atoms with Crippen molar-refractivity contribution in [3.63, 3.8) is 0 Å². The Labute approximate surface area is 118 Å². The lowest BCUT2D eigenvalue weighted by atomic mass is 9.95. The smallest absolute Gasteiger partial charge is 0.00695 e. The van der Waals surface area contributed by atoms with E-state index >= 15 is 0 Å². The highest BCUT2D eigenvalue weighted by molar-refractivity contribution is 5.14. The van der Waals surface area contributed by atoms with E-state index < -0.39 is 0 Å². The van der Waals surface area contributed by atoms with Crippen molar-refractivity contribution in [3.05, 3.63) is 35.9 Å². The molecule has 19 heavy (non-hydrogen) atoms. The molecule has 0 amide bonds. The standard InChI is InChI=1S/C18H29N/c1-16(14-15-17-10-6-5-7-11-17)19-18-12-8-3-2-4-9-13-18/h5-7,10-11,16,18-19H,2-4,8-9,12-15H2,1H3. The second-order valence-corrected chi connectivity index (χ2v) is 6.13. The van der Waals surface area contributed by atoms with E-state index in [2.05, 4.69) is 42.6 Å². The second-order valence-electron chi connectivity index (χ2n) is 6.13. The van der Waals surface area contributed by atoms with Crippen molar-refractivity contribution in [2.75, 3.05) is 0 Å². The average Bonchev–Trinajstić information content (AvgIpc) is 2.41. The SMILES string of the molecule is CC(CCc1ccccc1)NC1CCCCCCC1. The second kappa shape index (κ2) is 8.37. The molecular weight excluding hydrogens is 230 g/mol. The van der Waals surface area contributed by atoms with Crippen molar-refractivity contribution in [1.29, 1.82) is 0 Å². The Morgan fingerprint density at radius 3 is 2.32 bits per heavy atom. The minimum Gasteiger partial charge on any atom is -0.311 e. The Hall–Kier alpha value is -0.820. The third-order valence-electron chi connectivity index (χ3n) is 4.33. The van der Waals surface area contributed by atoms with Crippen LogP contribution in [-0.4, -0.2) is 12.1 Å². The molecule has 0 radical (unpaired) electrons. The summed E-state index contributed by atoms with van der Waals surface area (Å²) in [5.41, 5.74) is 1.47. The zero-order valence-electron chi connectivity index (χ0n) is 12.4. The molecule has 1 aliphatic rings. The number of benzene rings is 1. The van der Waals surface area contributed by atoms with Gasteiger partial charge in [-0.15, -0.1) is 0 Å². The van der Waals surface area contributed by atoms with Crippen LogP contribution in [0.2, 0.25) is 0 Å². The highest BCUT2D eigenvalue weighted by Gasteiger charge is 2.13. The molecule has 1 fully saturated rings. The quantitative estimate of drug-likeness (QED) is 0.807. The lowest BCUT2D eigenvalue weighted by Gasteiger charge is -2.25. The summed E-state index contributed by atoms with van der Waals surface area (Å²) in [6.45, 7) is 2.35. The summed E-state index contributed by atoms with van der Waals surface area (Å²) in [7, 11) is 0. The van der Waals surface area contributed by atoms with Gasteiger partial charge < -0.3 is 5.32 Å². The molecule has 2 rings (SSSR count). The van der Waals surface area contributed by atoms with Crippen LogP contribution in [0.25, 0.3) is 0 Å². The van der Waals surface area contributed by atoms with E-state index in [9.17, 15) is 0 Å². The third-order valence-corrected chi connectivity index (χ3v) is 4.33. The van der Waals surface area contributed by atoms with Gasteiger partial charge in [0.25, 0.3) is 0 Å². The van der Waals surface area contributed by atoms with Crippen molar-refractivity contribution >= 4 is 0 Å². The van der Waals surface area contributed by atoms with Gasteiger partial charge in [-0.3, -0.25) is 0 Å². The highest BCUT2D eigenvalue weighted by Crippen LogP contribution is 2.18.